The normalized spacial score (nSPS) is 11.9. The number of hydrogen-bond acceptors (Lipinski definition) is 4. The first-order valence-corrected chi connectivity index (χ1v) is 7.37. The van der Waals surface area contributed by atoms with Gasteiger partial charge in [0.25, 0.3) is 0 Å². The molecule has 0 unspecified atom stereocenters. The van der Waals surface area contributed by atoms with E-state index in [0.29, 0.717) is 25.3 Å². The van der Waals surface area contributed by atoms with E-state index in [0.717, 1.165) is 0 Å². The third-order valence-electron chi connectivity index (χ3n) is 2.25. The Bertz CT molecular complexity index is 455. The summed E-state index contributed by atoms with van der Waals surface area (Å²) in [4.78, 5) is 0.224. The van der Waals surface area contributed by atoms with Gasteiger partial charge < -0.3 is 10.5 Å². The second-order valence-corrected chi connectivity index (χ2v) is 6.01. The lowest BCUT2D eigenvalue weighted by atomic mass is 10.3. The Hall–Kier alpha value is -1.11. The van der Waals surface area contributed by atoms with Crippen molar-refractivity contribution in [2.24, 2.45) is 0 Å². The van der Waals surface area contributed by atoms with Crippen LogP contribution in [0.4, 0.5) is 5.69 Å². The standard InChI is InChI=1S/C12H20N2O3S/c1-10(2)17-9-3-8-14-18(15,16)12-6-4-11(13)5-7-12/h4-7,10,14H,3,8-9,13H2,1-2H3. The van der Waals surface area contributed by atoms with Gasteiger partial charge in [-0.2, -0.15) is 0 Å². The first kappa shape index (κ1) is 14.9. The molecule has 18 heavy (non-hydrogen) atoms. The van der Waals surface area contributed by atoms with Crippen molar-refractivity contribution in [1.82, 2.24) is 4.72 Å². The van der Waals surface area contributed by atoms with Gasteiger partial charge in [0.05, 0.1) is 11.0 Å². The molecule has 1 aromatic rings. The summed E-state index contributed by atoms with van der Waals surface area (Å²) < 4.78 is 31.5. The van der Waals surface area contributed by atoms with Crippen LogP contribution in [-0.2, 0) is 14.8 Å². The summed E-state index contributed by atoms with van der Waals surface area (Å²) in [5.41, 5.74) is 6.05. The summed E-state index contributed by atoms with van der Waals surface area (Å²) in [6.07, 6.45) is 0.811. The number of nitrogen functional groups attached to an aromatic ring is 1. The van der Waals surface area contributed by atoms with Gasteiger partial charge in [-0.15, -0.1) is 0 Å². The van der Waals surface area contributed by atoms with E-state index in [1.54, 1.807) is 12.1 Å². The molecule has 0 aromatic heterocycles. The predicted molar refractivity (Wildman–Crippen MR) is 71.7 cm³/mol. The number of sulfonamides is 1. The minimum atomic E-state index is -3.44. The lowest BCUT2D eigenvalue weighted by molar-refractivity contribution is 0.0778. The molecule has 0 amide bonds. The van der Waals surface area contributed by atoms with Crippen LogP contribution in [0.1, 0.15) is 20.3 Å². The maximum atomic E-state index is 11.8. The number of ether oxygens (including phenoxy) is 1. The lowest BCUT2D eigenvalue weighted by Crippen LogP contribution is -2.25. The number of benzene rings is 1. The topological polar surface area (TPSA) is 81.4 Å². The molecule has 0 aliphatic rings. The molecule has 0 saturated heterocycles. The van der Waals surface area contributed by atoms with Crippen LogP contribution in [0.3, 0.4) is 0 Å². The Morgan fingerprint density at radius 2 is 1.89 bits per heavy atom. The molecule has 0 radical (unpaired) electrons. The summed E-state index contributed by atoms with van der Waals surface area (Å²) in [7, 11) is -3.44. The van der Waals surface area contributed by atoms with Gasteiger partial charge in [0, 0.05) is 18.8 Å². The maximum absolute atomic E-state index is 11.8. The average molecular weight is 272 g/mol. The van der Waals surface area contributed by atoms with Gasteiger partial charge in [-0.1, -0.05) is 0 Å². The van der Waals surface area contributed by atoms with Crippen LogP contribution in [0.15, 0.2) is 29.2 Å². The molecule has 1 aromatic carbocycles. The highest BCUT2D eigenvalue weighted by Gasteiger charge is 2.12. The third kappa shape index (κ3) is 5.03. The van der Waals surface area contributed by atoms with Crippen molar-refractivity contribution >= 4 is 15.7 Å². The molecule has 1 rings (SSSR count). The fraction of sp³-hybridized carbons (Fsp3) is 0.500. The molecule has 6 heteroatoms. The second-order valence-electron chi connectivity index (χ2n) is 4.24. The summed E-state index contributed by atoms with van der Waals surface area (Å²) in [6.45, 7) is 4.79. The van der Waals surface area contributed by atoms with E-state index < -0.39 is 10.0 Å². The molecule has 5 nitrogen and oxygen atoms in total. The zero-order valence-corrected chi connectivity index (χ0v) is 11.5. The molecular weight excluding hydrogens is 252 g/mol. The van der Waals surface area contributed by atoms with Gasteiger partial charge in [-0.25, -0.2) is 13.1 Å². The molecular formula is C12H20N2O3S. The van der Waals surface area contributed by atoms with Gasteiger partial charge in [0.2, 0.25) is 10.0 Å². The van der Waals surface area contributed by atoms with Gasteiger partial charge in [-0.05, 0) is 44.5 Å². The summed E-state index contributed by atoms with van der Waals surface area (Å²) in [5, 5.41) is 0. The van der Waals surface area contributed by atoms with Gasteiger partial charge >= 0.3 is 0 Å². The van der Waals surface area contributed by atoms with E-state index in [1.165, 1.54) is 12.1 Å². The smallest absolute Gasteiger partial charge is 0.240 e. The van der Waals surface area contributed by atoms with E-state index in [9.17, 15) is 8.42 Å². The van der Waals surface area contributed by atoms with Crippen LogP contribution in [-0.4, -0.2) is 27.7 Å². The quantitative estimate of drug-likeness (QED) is 0.580. The zero-order valence-electron chi connectivity index (χ0n) is 10.7. The highest BCUT2D eigenvalue weighted by molar-refractivity contribution is 7.89. The van der Waals surface area contributed by atoms with Crippen LogP contribution in [0, 0.1) is 0 Å². The monoisotopic (exact) mass is 272 g/mol. The number of nitrogens with one attached hydrogen (secondary N) is 1. The molecule has 0 fully saturated rings. The Kier molecular flexibility index (Phi) is 5.58. The van der Waals surface area contributed by atoms with Crippen molar-refractivity contribution < 1.29 is 13.2 Å². The number of anilines is 1. The minimum Gasteiger partial charge on any atom is -0.399 e. The molecule has 3 N–H and O–H groups in total. The van der Waals surface area contributed by atoms with Crippen LogP contribution >= 0.6 is 0 Å². The zero-order chi connectivity index (χ0) is 13.6. The fourth-order valence-corrected chi connectivity index (χ4v) is 2.40. The Labute approximate surface area is 108 Å². The highest BCUT2D eigenvalue weighted by Crippen LogP contribution is 2.11. The van der Waals surface area contributed by atoms with E-state index in [4.69, 9.17) is 10.5 Å². The predicted octanol–water partition coefficient (Wildman–Crippen LogP) is 1.36. The van der Waals surface area contributed by atoms with Crippen molar-refractivity contribution in [3.8, 4) is 0 Å². The van der Waals surface area contributed by atoms with Crippen molar-refractivity contribution in [3.05, 3.63) is 24.3 Å². The van der Waals surface area contributed by atoms with Crippen molar-refractivity contribution in [2.75, 3.05) is 18.9 Å². The highest BCUT2D eigenvalue weighted by atomic mass is 32.2. The molecule has 0 bridgehead atoms. The average Bonchev–Trinajstić information content (AvgIpc) is 2.28. The van der Waals surface area contributed by atoms with Crippen LogP contribution in [0.25, 0.3) is 0 Å². The first-order valence-electron chi connectivity index (χ1n) is 5.88. The van der Waals surface area contributed by atoms with Crippen LogP contribution in [0.5, 0.6) is 0 Å². The van der Waals surface area contributed by atoms with Crippen LogP contribution in [0.2, 0.25) is 0 Å². The van der Waals surface area contributed by atoms with E-state index in [2.05, 4.69) is 4.72 Å². The number of hydrogen-bond donors (Lipinski definition) is 2. The van der Waals surface area contributed by atoms with Crippen molar-refractivity contribution in [2.45, 2.75) is 31.3 Å². The Morgan fingerprint density at radius 3 is 2.44 bits per heavy atom. The minimum absolute atomic E-state index is 0.165. The molecule has 0 atom stereocenters. The van der Waals surface area contributed by atoms with Crippen molar-refractivity contribution in [3.63, 3.8) is 0 Å². The van der Waals surface area contributed by atoms with E-state index in [1.807, 2.05) is 13.8 Å². The van der Waals surface area contributed by atoms with Gasteiger partial charge in [0.1, 0.15) is 0 Å². The van der Waals surface area contributed by atoms with E-state index >= 15 is 0 Å². The summed E-state index contributed by atoms with van der Waals surface area (Å²) in [5.74, 6) is 0. The first-order chi connectivity index (χ1) is 8.42. The largest absolute Gasteiger partial charge is 0.399 e. The van der Waals surface area contributed by atoms with Crippen molar-refractivity contribution in [1.29, 1.82) is 0 Å². The van der Waals surface area contributed by atoms with Gasteiger partial charge in [-0.3, -0.25) is 0 Å². The fourth-order valence-electron chi connectivity index (χ4n) is 1.33. The second kappa shape index (κ2) is 6.72. The van der Waals surface area contributed by atoms with Crippen LogP contribution < -0.4 is 10.5 Å². The molecule has 0 heterocycles. The summed E-state index contributed by atoms with van der Waals surface area (Å²) >= 11 is 0. The van der Waals surface area contributed by atoms with E-state index in [-0.39, 0.29) is 11.0 Å². The Morgan fingerprint density at radius 1 is 1.28 bits per heavy atom. The summed E-state index contributed by atoms with van der Waals surface area (Å²) in [6, 6.07) is 6.11. The molecule has 0 aliphatic heterocycles. The maximum Gasteiger partial charge on any atom is 0.240 e. The molecule has 0 saturated carbocycles. The number of rotatable bonds is 7. The number of nitrogens with two attached hydrogens (primary N) is 1. The third-order valence-corrected chi connectivity index (χ3v) is 3.73. The molecule has 102 valence electrons. The van der Waals surface area contributed by atoms with Gasteiger partial charge in [0.15, 0.2) is 0 Å². The lowest BCUT2D eigenvalue weighted by Gasteiger charge is -2.09. The molecule has 0 aliphatic carbocycles. The SMILES string of the molecule is CC(C)OCCCNS(=O)(=O)c1ccc(N)cc1. The molecule has 0 spiro atoms. The Balaban J connectivity index is 2.43.